The zero-order valence-corrected chi connectivity index (χ0v) is 12.8. The summed E-state index contributed by atoms with van der Waals surface area (Å²) < 4.78 is 30.8. The van der Waals surface area contributed by atoms with Crippen LogP contribution in [-0.4, -0.2) is 30.1 Å². The van der Waals surface area contributed by atoms with Crippen LogP contribution in [0.1, 0.15) is 15.9 Å². The van der Waals surface area contributed by atoms with E-state index >= 15 is 0 Å². The molecule has 2 aromatic rings. The SMILES string of the molecule is COC(=O)C(Cc1ccc(O)cc1)NC(=O)c1ccc(F)c(F)c1. The fourth-order valence-corrected chi connectivity index (χ4v) is 2.08. The van der Waals surface area contributed by atoms with E-state index in [9.17, 15) is 23.5 Å². The van der Waals surface area contributed by atoms with E-state index in [-0.39, 0.29) is 17.7 Å². The average molecular weight is 335 g/mol. The third-order valence-corrected chi connectivity index (χ3v) is 3.35. The third kappa shape index (κ3) is 4.28. The molecule has 0 heterocycles. The first-order chi connectivity index (χ1) is 11.4. The van der Waals surface area contributed by atoms with Crippen molar-refractivity contribution >= 4 is 11.9 Å². The van der Waals surface area contributed by atoms with E-state index in [0.717, 1.165) is 18.2 Å². The van der Waals surface area contributed by atoms with E-state index in [2.05, 4.69) is 10.1 Å². The molecule has 0 aromatic heterocycles. The van der Waals surface area contributed by atoms with Gasteiger partial charge in [-0.25, -0.2) is 13.6 Å². The maximum absolute atomic E-state index is 13.2. The van der Waals surface area contributed by atoms with Gasteiger partial charge in [0, 0.05) is 12.0 Å². The molecule has 0 aliphatic heterocycles. The molecule has 0 saturated carbocycles. The Labute approximate surface area is 136 Å². The van der Waals surface area contributed by atoms with Crippen LogP contribution in [0.3, 0.4) is 0 Å². The molecule has 0 bridgehead atoms. The number of amides is 1. The van der Waals surface area contributed by atoms with Gasteiger partial charge in [0.05, 0.1) is 7.11 Å². The van der Waals surface area contributed by atoms with Crippen LogP contribution in [0.2, 0.25) is 0 Å². The van der Waals surface area contributed by atoms with Gasteiger partial charge in [-0.05, 0) is 35.9 Å². The number of aromatic hydroxyl groups is 1. The largest absolute Gasteiger partial charge is 0.508 e. The molecule has 7 heteroatoms. The van der Waals surface area contributed by atoms with Crippen LogP contribution in [0.25, 0.3) is 0 Å². The van der Waals surface area contributed by atoms with Gasteiger partial charge in [0.1, 0.15) is 11.8 Å². The number of phenols is 1. The molecule has 0 aliphatic rings. The smallest absolute Gasteiger partial charge is 0.328 e. The van der Waals surface area contributed by atoms with Gasteiger partial charge >= 0.3 is 5.97 Å². The maximum Gasteiger partial charge on any atom is 0.328 e. The molecule has 0 radical (unpaired) electrons. The number of hydrogen-bond donors (Lipinski definition) is 2. The van der Waals surface area contributed by atoms with Crippen LogP contribution in [-0.2, 0) is 16.0 Å². The Balaban J connectivity index is 2.15. The van der Waals surface area contributed by atoms with Crippen molar-refractivity contribution in [3.05, 3.63) is 65.2 Å². The molecular weight excluding hydrogens is 320 g/mol. The lowest BCUT2D eigenvalue weighted by atomic mass is 10.1. The summed E-state index contributed by atoms with van der Waals surface area (Å²) in [6.07, 6.45) is 0.113. The van der Waals surface area contributed by atoms with E-state index in [1.165, 1.54) is 19.2 Å². The molecule has 1 unspecified atom stereocenters. The molecule has 126 valence electrons. The van der Waals surface area contributed by atoms with Crippen LogP contribution < -0.4 is 5.32 Å². The van der Waals surface area contributed by atoms with Crippen molar-refractivity contribution < 1.29 is 28.2 Å². The molecule has 0 saturated heterocycles. The topological polar surface area (TPSA) is 75.6 Å². The average Bonchev–Trinajstić information content (AvgIpc) is 2.57. The van der Waals surface area contributed by atoms with Crippen LogP contribution in [0.4, 0.5) is 8.78 Å². The Hall–Kier alpha value is -2.96. The lowest BCUT2D eigenvalue weighted by Crippen LogP contribution is -2.43. The van der Waals surface area contributed by atoms with E-state index in [1.54, 1.807) is 12.1 Å². The first kappa shape index (κ1) is 17.4. The Morgan fingerprint density at radius 3 is 2.38 bits per heavy atom. The van der Waals surface area contributed by atoms with Crippen LogP contribution in [0.5, 0.6) is 5.75 Å². The second-order valence-corrected chi connectivity index (χ2v) is 5.05. The van der Waals surface area contributed by atoms with Gasteiger partial charge in [0.15, 0.2) is 11.6 Å². The van der Waals surface area contributed by atoms with Crippen LogP contribution in [0.15, 0.2) is 42.5 Å². The van der Waals surface area contributed by atoms with Crippen molar-refractivity contribution in [3.8, 4) is 5.75 Å². The molecule has 2 N–H and O–H groups in total. The van der Waals surface area contributed by atoms with Crippen molar-refractivity contribution in [3.63, 3.8) is 0 Å². The summed E-state index contributed by atoms with van der Waals surface area (Å²) in [7, 11) is 1.18. The molecule has 5 nitrogen and oxygen atoms in total. The van der Waals surface area contributed by atoms with Gasteiger partial charge in [-0.2, -0.15) is 0 Å². The summed E-state index contributed by atoms with van der Waals surface area (Å²) in [4.78, 5) is 24.0. The zero-order valence-electron chi connectivity index (χ0n) is 12.8. The number of nitrogens with one attached hydrogen (secondary N) is 1. The van der Waals surface area contributed by atoms with Gasteiger partial charge in [-0.1, -0.05) is 12.1 Å². The Bertz CT molecular complexity index is 747. The first-order valence-electron chi connectivity index (χ1n) is 7.02. The number of ether oxygens (including phenoxy) is 1. The van der Waals surface area contributed by atoms with Crippen molar-refractivity contribution in [2.75, 3.05) is 7.11 Å². The quantitative estimate of drug-likeness (QED) is 0.821. The highest BCUT2D eigenvalue weighted by Gasteiger charge is 2.23. The standard InChI is InChI=1S/C17H15F2NO4/c1-24-17(23)15(8-10-2-5-12(21)6-3-10)20-16(22)11-4-7-13(18)14(19)9-11/h2-7,9,15,21H,8H2,1H3,(H,20,22). The van der Waals surface area contributed by atoms with Crippen molar-refractivity contribution in [2.24, 2.45) is 0 Å². The highest BCUT2D eigenvalue weighted by Crippen LogP contribution is 2.13. The molecule has 1 atom stereocenters. The van der Waals surface area contributed by atoms with E-state index in [4.69, 9.17) is 0 Å². The number of rotatable bonds is 5. The Morgan fingerprint density at radius 2 is 1.79 bits per heavy atom. The summed E-state index contributed by atoms with van der Waals surface area (Å²) in [5.74, 6) is -3.57. The van der Waals surface area contributed by atoms with Crippen molar-refractivity contribution in [2.45, 2.75) is 12.5 Å². The lowest BCUT2D eigenvalue weighted by molar-refractivity contribution is -0.142. The number of methoxy groups -OCH3 is 1. The van der Waals surface area contributed by atoms with Crippen LogP contribution >= 0.6 is 0 Å². The van der Waals surface area contributed by atoms with Gasteiger partial charge in [0.2, 0.25) is 0 Å². The number of halogens is 2. The lowest BCUT2D eigenvalue weighted by Gasteiger charge is -2.17. The third-order valence-electron chi connectivity index (χ3n) is 3.35. The highest BCUT2D eigenvalue weighted by molar-refractivity contribution is 5.96. The van der Waals surface area contributed by atoms with Gasteiger partial charge in [-0.3, -0.25) is 4.79 Å². The van der Waals surface area contributed by atoms with Crippen LogP contribution in [0, 0.1) is 11.6 Å². The first-order valence-corrected chi connectivity index (χ1v) is 7.02. The molecule has 0 fully saturated rings. The maximum atomic E-state index is 13.2. The molecule has 0 spiro atoms. The van der Waals surface area contributed by atoms with Gasteiger partial charge in [-0.15, -0.1) is 0 Å². The van der Waals surface area contributed by atoms with E-state index in [1.807, 2.05) is 0 Å². The number of carbonyl (C=O) groups is 2. The minimum absolute atomic E-state index is 0.0687. The number of hydrogen-bond acceptors (Lipinski definition) is 4. The normalized spacial score (nSPS) is 11.6. The monoisotopic (exact) mass is 335 g/mol. The second-order valence-electron chi connectivity index (χ2n) is 5.05. The van der Waals surface area contributed by atoms with Crippen molar-refractivity contribution in [1.29, 1.82) is 0 Å². The number of benzene rings is 2. The highest BCUT2D eigenvalue weighted by atomic mass is 19.2. The van der Waals surface area contributed by atoms with E-state index in [0.29, 0.717) is 5.56 Å². The molecule has 2 rings (SSSR count). The fraction of sp³-hybridized carbons (Fsp3) is 0.176. The molecular formula is C17H15F2NO4. The predicted molar refractivity (Wildman–Crippen MR) is 81.4 cm³/mol. The summed E-state index contributed by atoms with van der Waals surface area (Å²) in [6.45, 7) is 0. The van der Waals surface area contributed by atoms with E-state index < -0.39 is 29.6 Å². The predicted octanol–water partition coefficient (Wildman–Crippen LogP) is 2.18. The van der Waals surface area contributed by atoms with Gasteiger partial charge < -0.3 is 15.2 Å². The second kappa shape index (κ2) is 7.54. The number of esters is 1. The summed E-state index contributed by atoms with van der Waals surface area (Å²) >= 11 is 0. The molecule has 1 amide bonds. The molecule has 24 heavy (non-hydrogen) atoms. The van der Waals surface area contributed by atoms with Gasteiger partial charge in [0.25, 0.3) is 5.91 Å². The number of phenolic OH excluding ortho intramolecular Hbond substituents is 1. The Kier molecular flexibility index (Phi) is 5.47. The zero-order chi connectivity index (χ0) is 17.7. The minimum Gasteiger partial charge on any atom is -0.508 e. The Morgan fingerprint density at radius 1 is 1.12 bits per heavy atom. The summed E-state index contributed by atoms with van der Waals surface area (Å²) in [5, 5.41) is 11.7. The van der Waals surface area contributed by atoms with Crippen molar-refractivity contribution in [1.82, 2.24) is 5.32 Å². The fourth-order valence-electron chi connectivity index (χ4n) is 2.08. The molecule has 0 aliphatic carbocycles. The summed E-state index contributed by atoms with van der Waals surface area (Å²) in [6, 6.07) is 7.76. The molecule has 2 aromatic carbocycles. The number of carbonyl (C=O) groups excluding carboxylic acids is 2. The minimum atomic E-state index is -1.16. The summed E-state index contributed by atoms with van der Waals surface area (Å²) in [5.41, 5.74) is 0.558.